The molecule has 1 aromatic carbocycles. The van der Waals surface area contributed by atoms with Gasteiger partial charge in [0, 0.05) is 6.54 Å². The van der Waals surface area contributed by atoms with E-state index in [1.54, 1.807) is 11.6 Å². The first kappa shape index (κ1) is 14.7. The number of hydrogen-bond acceptors (Lipinski definition) is 2. The van der Waals surface area contributed by atoms with Gasteiger partial charge in [-0.25, -0.2) is 13.5 Å². The van der Waals surface area contributed by atoms with Crippen LogP contribution in [0.25, 0.3) is 5.69 Å². The average Bonchev–Trinajstić information content (AvgIpc) is 2.79. The molecule has 1 atom stereocenters. The highest BCUT2D eigenvalue weighted by Crippen LogP contribution is 2.27. The van der Waals surface area contributed by atoms with E-state index in [4.69, 9.17) is 0 Å². The van der Waals surface area contributed by atoms with E-state index in [1.165, 1.54) is 11.1 Å². The number of hydrogen-bond donors (Lipinski definition) is 0. The topological polar surface area (TPSA) is 38.1 Å². The zero-order valence-corrected chi connectivity index (χ0v) is 12.5. The number of nitrogens with zero attached hydrogens (tertiary/aromatic N) is 3. The van der Waals surface area contributed by atoms with Gasteiger partial charge in [0.05, 0.1) is 29.2 Å². The smallest absolute Gasteiger partial charge is 0.258 e. The van der Waals surface area contributed by atoms with E-state index in [0.29, 0.717) is 24.2 Å². The van der Waals surface area contributed by atoms with E-state index in [9.17, 15) is 13.6 Å². The fourth-order valence-corrected chi connectivity index (χ4v) is 2.74. The van der Waals surface area contributed by atoms with Crippen molar-refractivity contribution in [3.8, 4) is 5.69 Å². The number of halogens is 2. The monoisotopic (exact) mass is 305 g/mol. The zero-order valence-electron chi connectivity index (χ0n) is 12.5. The number of benzene rings is 1. The molecule has 1 aliphatic heterocycles. The van der Waals surface area contributed by atoms with E-state index in [0.717, 1.165) is 11.3 Å². The summed E-state index contributed by atoms with van der Waals surface area (Å²) in [6.45, 7) is 4.12. The van der Waals surface area contributed by atoms with Crippen molar-refractivity contribution in [1.82, 2.24) is 14.7 Å². The maximum absolute atomic E-state index is 12.8. The average molecular weight is 305 g/mol. The molecular weight excluding hydrogens is 288 g/mol. The highest BCUT2D eigenvalue weighted by atomic mass is 19.3. The van der Waals surface area contributed by atoms with Gasteiger partial charge in [-0.05, 0) is 31.9 Å². The molecule has 6 heteroatoms. The van der Waals surface area contributed by atoms with Crippen LogP contribution in [0.3, 0.4) is 0 Å². The molecule has 22 heavy (non-hydrogen) atoms. The first-order valence-corrected chi connectivity index (χ1v) is 7.20. The first-order chi connectivity index (χ1) is 10.5. The van der Waals surface area contributed by atoms with Crippen LogP contribution < -0.4 is 0 Å². The van der Waals surface area contributed by atoms with E-state index < -0.39 is 12.5 Å². The van der Waals surface area contributed by atoms with Crippen LogP contribution in [-0.2, 0) is 0 Å². The summed E-state index contributed by atoms with van der Waals surface area (Å²) in [5.41, 5.74) is 2.96. The number of carbonyl (C=O) groups is 1. The van der Waals surface area contributed by atoms with Crippen molar-refractivity contribution in [1.29, 1.82) is 0 Å². The van der Waals surface area contributed by atoms with Crippen LogP contribution in [0.2, 0.25) is 0 Å². The molecule has 3 rings (SSSR count). The molecule has 0 spiro atoms. The Hall–Kier alpha value is -2.24. The minimum absolute atomic E-state index is 0.356. The predicted molar refractivity (Wildman–Crippen MR) is 78.5 cm³/mol. The Morgan fingerprint density at radius 1 is 1.32 bits per heavy atom. The molecule has 1 unspecified atom stereocenters. The van der Waals surface area contributed by atoms with Crippen molar-refractivity contribution in [2.24, 2.45) is 0 Å². The summed E-state index contributed by atoms with van der Waals surface area (Å²) in [5, 5.41) is 4.26. The number of amides is 1. The summed E-state index contributed by atoms with van der Waals surface area (Å²) >= 11 is 0. The van der Waals surface area contributed by atoms with Crippen LogP contribution in [0.5, 0.6) is 0 Å². The van der Waals surface area contributed by atoms with Gasteiger partial charge in [-0.3, -0.25) is 4.79 Å². The van der Waals surface area contributed by atoms with Crippen molar-refractivity contribution in [2.45, 2.75) is 32.7 Å². The zero-order chi connectivity index (χ0) is 15.9. The molecular formula is C16H17F2N3O. The molecule has 0 radical (unpaired) electrons. The maximum Gasteiger partial charge on any atom is 0.258 e. The summed E-state index contributed by atoms with van der Waals surface area (Å²) in [7, 11) is 0. The Kier molecular flexibility index (Phi) is 3.68. The van der Waals surface area contributed by atoms with Crippen molar-refractivity contribution >= 4 is 5.91 Å². The number of likely N-dealkylation sites (tertiary alicyclic amines) is 1. The predicted octanol–water partition coefficient (Wildman–Crippen LogP) is 2.97. The number of para-hydroxylation sites is 1. The lowest BCUT2D eigenvalue weighted by Gasteiger charge is -2.40. The van der Waals surface area contributed by atoms with Crippen molar-refractivity contribution in [3.05, 3.63) is 47.3 Å². The molecule has 0 N–H and O–H groups in total. The van der Waals surface area contributed by atoms with Gasteiger partial charge in [-0.1, -0.05) is 18.2 Å². The third kappa shape index (κ3) is 2.28. The standard InChI is InChI=1S/C16H17F2N3O/c1-10-5-3-4-6-13(10)21-11(2)12(9-19-21)16(22)20-8-7-14(20)15(17)18/h3-6,9,14-15H,7-8H2,1-2H3. The Balaban J connectivity index is 1.91. The second-order valence-corrected chi connectivity index (χ2v) is 5.53. The number of alkyl halides is 2. The lowest BCUT2D eigenvalue weighted by atomic mass is 10.0. The molecule has 4 nitrogen and oxygen atoms in total. The van der Waals surface area contributed by atoms with Crippen LogP contribution in [-0.4, -0.2) is 39.6 Å². The van der Waals surface area contributed by atoms with Crippen LogP contribution >= 0.6 is 0 Å². The fourth-order valence-electron chi connectivity index (χ4n) is 2.74. The van der Waals surface area contributed by atoms with E-state index in [2.05, 4.69) is 5.10 Å². The second-order valence-electron chi connectivity index (χ2n) is 5.53. The number of aromatic nitrogens is 2. The molecule has 2 heterocycles. The second kappa shape index (κ2) is 5.51. The van der Waals surface area contributed by atoms with Crippen LogP contribution in [0, 0.1) is 13.8 Å². The van der Waals surface area contributed by atoms with Gasteiger partial charge in [0.1, 0.15) is 0 Å². The minimum atomic E-state index is -2.50. The summed E-state index contributed by atoms with van der Waals surface area (Å²) in [4.78, 5) is 13.7. The van der Waals surface area contributed by atoms with Crippen molar-refractivity contribution < 1.29 is 13.6 Å². The number of carbonyl (C=O) groups excluding carboxylic acids is 1. The Morgan fingerprint density at radius 3 is 2.64 bits per heavy atom. The van der Waals surface area contributed by atoms with Gasteiger partial charge >= 0.3 is 0 Å². The SMILES string of the molecule is Cc1ccccc1-n1ncc(C(=O)N2CCC2C(F)F)c1C. The number of aryl methyl sites for hydroxylation is 1. The van der Waals surface area contributed by atoms with Gasteiger partial charge in [0.25, 0.3) is 12.3 Å². The fraction of sp³-hybridized carbons (Fsp3) is 0.375. The Bertz CT molecular complexity index is 711. The lowest BCUT2D eigenvalue weighted by molar-refractivity contribution is -0.0219. The Labute approximate surface area is 127 Å². The molecule has 1 aliphatic rings. The van der Waals surface area contributed by atoms with Gasteiger partial charge in [0.15, 0.2) is 0 Å². The normalized spacial score (nSPS) is 17.7. The molecule has 1 saturated heterocycles. The largest absolute Gasteiger partial charge is 0.330 e. The first-order valence-electron chi connectivity index (χ1n) is 7.20. The van der Waals surface area contributed by atoms with E-state index in [-0.39, 0.29) is 5.91 Å². The van der Waals surface area contributed by atoms with Gasteiger partial charge in [-0.2, -0.15) is 5.10 Å². The summed E-state index contributed by atoms with van der Waals surface area (Å²) in [5.74, 6) is -0.367. The van der Waals surface area contributed by atoms with E-state index >= 15 is 0 Å². The minimum Gasteiger partial charge on any atom is -0.330 e. The third-order valence-electron chi connectivity index (χ3n) is 4.20. The van der Waals surface area contributed by atoms with Gasteiger partial charge in [0.2, 0.25) is 0 Å². The summed E-state index contributed by atoms with van der Waals surface area (Å²) < 4.78 is 27.3. The van der Waals surface area contributed by atoms with Gasteiger partial charge < -0.3 is 4.90 Å². The molecule has 116 valence electrons. The van der Waals surface area contributed by atoms with Crippen LogP contribution in [0.15, 0.2) is 30.5 Å². The van der Waals surface area contributed by atoms with Crippen molar-refractivity contribution in [2.75, 3.05) is 6.54 Å². The highest BCUT2D eigenvalue weighted by Gasteiger charge is 2.39. The van der Waals surface area contributed by atoms with Gasteiger partial charge in [-0.15, -0.1) is 0 Å². The summed E-state index contributed by atoms with van der Waals surface area (Å²) in [6, 6.07) is 6.73. The van der Waals surface area contributed by atoms with Crippen LogP contribution in [0.4, 0.5) is 8.78 Å². The lowest BCUT2D eigenvalue weighted by Crippen LogP contribution is -2.54. The highest BCUT2D eigenvalue weighted by molar-refractivity contribution is 5.96. The molecule has 1 amide bonds. The maximum atomic E-state index is 12.8. The Morgan fingerprint density at radius 2 is 2.05 bits per heavy atom. The molecule has 0 aliphatic carbocycles. The summed E-state index contributed by atoms with van der Waals surface area (Å²) in [6.07, 6.45) is -0.677. The molecule has 0 saturated carbocycles. The van der Waals surface area contributed by atoms with E-state index in [1.807, 2.05) is 31.2 Å². The van der Waals surface area contributed by atoms with Crippen LogP contribution in [0.1, 0.15) is 28.0 Å². The van der Waals surface area contributed by atoms with Crippen molar-refractivity contribution in [3.63, 3.8) is 0 Å². The molecule has 0 bridgehead atoms. The molecule has 1 fully saturated rings. The third-order valence-corrected chi connectivity index (χ3v) is 4.20. The quantitative estimate of drug-likeness (QED) is 0.874. The number of rotatable bonds is 3. The molecule has 2 aromatic rings. The molecule has 1 aromatic heterocycles.